The monoisotopic (exact) mass is 252 g/mol. The van der Waals surface area contributed by atoms with Crippen LogP contribution in [-0.4, -0.2) is 28.2 Å². The average molecular weight is 252 g/mol. The van der Waals surface area contributed by atoms with E-state index in [-0.39, 0.29) is 17.6 Å². The lowest BCUT2D eigenvalue weighted by atomic mass is 10.3. The second-order valence-corrected chi connectivity index (χ2v) is 4.51. The van der Waals surface area contributed by atoms with E-state index in [0.29, 0.717) is 18.7 Å². The standard InChI is InChI=1S/C12H20N4O2/c1-8(2)15-12(18)13-5-6-16-7-14-10(4)9(3)11(16)17/h7-8H,5-6H2,1-4H3,(H2,13,15,18). The van der Waals surface area contributed by atoms with Crippen molar-refractivity contribution in [3.63, 3.8) is 0 Å². The molecule has 0 unspecified atom stereocenters. The number of urea groups is 1. The first-order chi connectivity index (χ1) is 8.41. The molecule has 6 nitrogen and oxygen atoms in total. The predicted octanol–water partition coefficient (Wildman–Crippen LogP) is 0.568. The highest BCUT2D eigenvalue weighted by Crippen LogP contribution is 1.94. The van der Waals surface area contributed by atoms with Crippen LogP contribution in [0.2, 0.25) is 0 Å². The first-order valence-electron chi connectivity index (χ1n) is 5.99. The third-order valence-electron chi connectivity index (χ3n) is 2.57. The summed E-state index contributed by atoms with van der Waals surface area (Å²) < 4.78 is 1.50. The minimum absolute atomic E-state index is 0.0615. The Morgan fingerprint density at radius 1 is 1.44 bits per heavy atom. The van der Waals surface area contributed by atoms with E-state index in [2.05, 4.69) is 15.6 Å². The highest BCUT2D eigenvalue weighted by Gasteiger charge is 2.05. The lowest BCUT2D eigenvalue weighted by molar-refractivity contribution is 0.238. The highest BCUT2D eigenvalue weighted by atomic mass is 16.2. The molecule has 0 aromatic carbocycles. The van der Waals surface area contributed by atoms with Crippen molar-refractivity contribution in [1.29, 1.82) is 0 Å². The molecule has 18 heavy (non-hydrogen) atoms. The minimum Gasteiger partial charge on any atom is -0.336 e. The summed E-state index contributed by atoms with van der Waals surface area (Å²) in [5.74, 6) is 0. The largest absolute Gasteiger partial charge is 0.336 e. The SMILES string of the molecule is Cc1ncn(CCNC(=O)NC(C)C)c(=O)c1C. The second-order valence-electron chi connectivity index (χ2n) is 4.51. The van der Waals surface area contributed by atoms with E-state index < -0.39 is 0 Å². The molecule has 0 radical (unpaired) electrons. The molecule has 0 atom stereocenters. The molecule has 0 bridgehead atoms. The summed E-state index contributed by atoms with van der Waals surface area (Å²) in [7, 11) is 0. The van der Waals surface area contributed by atoms with Gasteiger partial charge in [0.1, 0.15) is 0 Å². The van der Waals surface area contributed by atoms with Gasteiger partial charge in [-0.05, 0) is 27.7 Å². The molecular formula is C12H20N4O2. The quantitative estimate of drug-likeness (QED) is 0.822. The Balaban J connectivity index is 2.53. The molecule has 0 aliphatic heterocycles. The number of carbonyl (C=O) groups excluding carboxylic acids is 1. The lowest BCUT2D eigenvalue weighted by Gasteiger charge is -2.11. The van der Waals surface area contributed by atoms with Crippen molar-refractivity contribution in [3.8, 4) is 0 Å². The van der Waals surface area contributed by atoms with E-state index in [0.717, 1.165) is 5.69 Å². The Bertz CT molecular complexity index is 479. The van der Waals surface area contributed by atoms with E-state index >= 15 is 0 Å². The molecule has 1 rings (SSSR count). The molecule has 100 valence electrons. The molecular weight excluding hydrogens is 232 g/mol. The fraction of sp³-hybridized carbons (Fsp3) is 0.583. The molecule has 0 spiro atoms. The van der Waals surface area contributed by atoms with Gasteiger partial charge in [-0.25, -0.2) is 9.78 Å². The maximum atomic E-state index is 11.8. The van der Waals surface area contributed by atoms with Gasteiger partial charge in [0.25, 0.3) is 5.56 Å². The summed E-state index contributed by atoms with van der Waals surface area (Å²) in [6.07, 6.45) is 1.51. The zero-order valence-electron chi connectivity index (χ0n) is 11.3. The third kappa shape index (κ3) is 3.87. The van der Waals surface area contributed by atoms with Crippen molar-refractivity contribution in [2.24, 2.45) is 0 Å². The number of hydrogen-bond donors (Lipinski definition) is 2. The third-order valence-corrected chi connectivity index (χ3v) is 2.57. The molecule has 2 amide bonds. The molecule has 0 fully saturated rings. The van der Waals surface area contributed by atoms with E-state index in [1.807, 2.05) is 13.8 Å². The normalized spacial score (nSPS) is 10.5. The van der Waals surface area contributed by atoms with Crippen LogP contribution in [0.5, 0.6) is 0 Å². The number of rotatable bonds is 4. The maximum absolute atomic E-state index is 11.8. The Morgan fingerprint density at radius 2 is 2.11 bits per heavy atom. The Hall–Kier alpha value is -1.85. The number of nitrogens with one attached hydrogen (secondary N) is 2. The molecule has 6 heteroatoms. The summed E-state index contributed by atoms with van der Waals surface area (Å²) in [4.78, 5) is 27.3. The Morgan fingerprint density at radius 3 is 2.72 bits per heavy atom. The van der Waals surface area contributed by atoms with Gasteiger partial charge in [-0.1, -0.05) is 0 Å². The average Bonchev–Trinajstić information content (AvgIpc) is 2.28. The summed E-state index contributed by atoms with van der Waals surface area (Å²) in [6.45, 7) is 8.13. The van der Waals surface area contributed by atoms with Gasteiger partial charge < -0.3 is 10.6 Å². The lowest BCUT2D eigenvalue weighted by Crippen LogP contribution is -2.41. The van der Waals surface area contributed by atoms with E-state index in [1.165, 1.54) is 10.9 Å². The fourth-order valence-electron chi connectivity index (χ4n) is 1.44. The van der Waals surface area contributed by atoms with Crippen molar-refractivity contribution in [1.82, 2.24) is 20.2 Å². The number of amides is 2. The van der Waals surface area contributed by atoms with Crippen LogP contribution in [0.15, 0.2) is 11.1 Å². The zero-order valence-corrected chi connectivity index (χ0v) is 11.3. The van der Waals surface area contributed by atoms with Crippen LogP contribution in [0.3, 0.4) is 0 Å². The number of carbonyl (C=O) groups is 1. The van der Waals surface area contributed by atoms with Crippen molar-refractivity contribution < 1.29 is 4.79 Å². The fourth-order valence-corrected chi connectivity index (χ4v) is 1.44. The van der Waals surface area contributed by atoms with Crippen molar-refractivity contribution in [2.75, 3.05) is 6.54 Å². The van der Waals surface area contributed by atoms with Crippen molar-refractivity contribution in [3.05, 3.63) is 27.9 Å². The Labute approximate surface area is 106 Å². The Kier molecular flexibility index (Phi) is 4.88. The highest BCUT2D eigenvalue weighted by molar-refractivity contribution is 5.73. The van der Waals surface area contributed by atoms with Crippen LogP contribution in [0.25, 0.3) is 0 Å². The molecule has 1 aromatic heterocycles. The molecule has 0 aliphatic carbocycles. The van der Waals surface area contributed by atoms with Gasteiger partial charge in [0.05, 0.1) is 6.33 Å². The van der Waals surface area contributed by atoms with Crippen molar-refractivity contribution >= 4 is 6.03 Å². The molecule has 1 heterocycles. The number of nitrogens with zero attached hydrogens (tertiary/aromatic N) is 2. The van der Waals surface area contributed by atoms with Crippen LogP contribution in [0.4, 0.5) is 4.79 Å². The second kappa shape index (κ2) is 6.18. The predicted molar refractivity (Wildman–Crippen MR) is 69.6 cm³/mol. The maximum Gasteiger partial charge on any atom is 0.315 e. The molecule has 0 aliphatic rings. The summed E-state index contributed by atoms with van der Waals surface area (Å²) in [5.41, 5.74) is 1.32. The van der Waals surface area contributed by atoms with Crippen LogP contribution >= 0.6 is 0 Å². The summed E-state index contributed by atoms with van der Waals surface area (Å²) in [5, 5.41) is 5.40. The topological polar surface area (TPSA) is 76.0 Å². The summed E-state index contributed by atoms with van der Waals surface area (Å²) >= 11 is 0. The van der Waals surface area contributed by atoms with Gasteiger partial charge in [0.2, 0.25) is 0 Å². The number of aromatic nitrogens is 2. The van der Waals surface area contributed by atoms with E-state index in [4.69, 9.17) is 0 Å². The van der Waals surface area contributed by atoms with Gasteiger partial charge in [-0.15, -0.1) is 0 Å². The first kappa shape index (κ1) is 14.2. The van der Waals surface area contributed by atoms with Crippen LogP contribution in [0.1, 0.15) is 25.1 Å². The van der Waals surface area contributed by atoms with E-state index in [9.17, 15) is 9.59 Å². The molecule has 0 saturated carbocycles. The smallest absolute Gasteiger partial charge is 0.315 e. The first-order valence-corrected chi connectivity index (χ1v) is 5.99. The van der Waals surface area contributed by atoms with Gasteiger partial charge in [0.15, 0.2) is 0 Å². The minimum atomic E-state index is -0.227. The van der Waals surface area contributed by atoms with Gasteiger partial charge in [-0.3, -0.25) is 9.36 Å². The van der Waals surface area contributed by atoms with E-state index in [1.54, 1.807) is 13.8 Å². The summed E-state index contributed by atoms with van der Waals surface area (Å²) in [6, 6.07) is -0.133. The molecule has 2 N–H and O–H groups in total. The van der Waals surface area contributed by atoms with Crippen LogP contribution < -0.4 is 16.2 Å². The van der Waals surface area contributed by atoms with Gasteiger partial charge in [0, 0.05) is 30.4 Å². The zero-order chi connectivity index (χ0) is 13.7. The van der Waals surface area contributed by atoms with Crippen LogP contribution in [0, 0.1) is 13.8 Å². The molecule has 0 saturated heterocycles. The van der Waals surface area contributed by atoms with Gasteiger partial charge in [-0.2, -0.15) is 0 Å². The van der Waals surface area contributed by atoms with Gasteiger partial charge >= 0.3 is 6.03 Å². The van der Waals surface area contributed by atoms with Crippen LogP contribution in [-0.2, 0) is 6.54 Å². The molecule has 1 aromatic rings. The van der Waals surface area contributed by atoms with Crippen molar-refractivity contribution in [2.45, 2.75) is 40.3 Å². The number of hydrogen-bond acceptors (Lipinski definition) is 3. The number of aryl methyl sites for hydroxylation is 1.